The number of aromatic nitrogens is 2. The Morgan fingerprint density at radius 1 is 1.12 bits per heavy atom. The van der Waals surface area contributed by atoms with E-state index in [9.17, 15) is 23.2 Å². The molecule has 212 valence electrons. The normalized spacial score (nSPS) is 18.6. The highest BCUT2D eigenvalue weighted by Crippen LogP contribution is 2.57. The molecule has 41 heavy (non-hydrogen) atoms. The Morgan fingerprint density at radius 3 is 2.61 bits per heavy atom. The molecule has 2 aliphatic heterocycles. The lowest BCUT2D eigenvalue weighted by Crippen LogP contribution is -2.29. The van der Waals surface area contributed by atoms with Crippen LogP contribution in [0.3, 0.4) is 0 Å². The van der Waals surface area contributed by atoms with Gasteiger partial charge in [0.25, 0.3) is 0 Å². The van der Waals surface area contributed by atoms with E-state index in [4.69, 9.17) is 14.2 Å². The Hall–Kier alpha value is -4.06. The first-order chi connectivity index (χ1) is 19.7. The minimum absolute atomic E-state index is 0.00811. The number of ether oxygens (including phenoxy) is 3. The monoisotopic (exact) mass is 564 g/mol. The summed E-state index contributed by atoms with van der Waals surface area (Å²) in [6.45, 7) is 1.90. The van der Waals surface area contributed by atoms with Crippen LogP contribution in [0.2, 0.25) is 0 Å². The van der Waals surface area contributed by atoms with Gasteiger partial charge in [-0.05, 0) is 31.0 Å². The number of fused-ring (bicyclic) bond motifs is 2. The van der Waals surface area contributed by atoms with Crippen molar-refractivity contribution < 1.29 is 27.4 Å². The summed E-state index contributed by atoms with van der Waals surface area (Å²) in [6, 6.07) is 10.8. The van der Waals surface area contributed by atoms with E-state index in [1.54, 1.807) is 31.3 Å². The maximum Gasteiger partial charge on any atom is 0.405 e. The third-order valence-corrected chi connectivity index (χ3v) is 7.90. The topological polar surface area (TPSA) is 89.6 Å². The zero-order valence-corrected chi connectivity index (χ0v) is 22.4. The minimum Gasteiger partial charge on any atom is -0.489 e. The lowest BCUT2D eigenvalue weighted by Gasteiger charge is -2.26. The molecule has 0 spiro atoms. The molecule has 2 aromatic carbocycles. The van der Waals surface area contributed by atoms with E-state index >= 15 is 0 Å². The predicted molar refractivity (Wildman–Crippen MR) is 144 cm³/mol. The van der Waals surface area contributed by atoms with Crippen LogP contribution >= 0.6 is 0 Å². The summed E-state index contributed by atoms with van der Waals surface area (Å²) in [5, 5.41) is 10.5. The first-order valence-corrected chi connectivity index (χ1v) is 13.5. The average molecular weight is 565 g/mol. The predicted octanol–water partition coefficient (Wildman–Crippen LogP) is 4.73. The molecule has 8 nitrogen and oxygen atoms in total. The fourth-order valence-corrected chi connectivity index (χ4v) is 5.28. The van der Waals surface area contributed by atoms with E-state index in [-0.39, 0.29) is 32.2 Å². The molecule has 2 fully saturated rings. The number of hydrogen-bond acceptors (Lipinski definition) is 7. The highest BCUT2D eigenvalue weighted by molar-refractivity contribution is 5.94. The van der Waals surface area contributed by atoms with Crippen molar-refractivity contribution in [2.75, 3.05) is 31.3 Å². The van der Waals surface area contributed by atoms with Crippen LogP contribution in [0.5, 0.6) is 5.75 Å². The molecule has 3 aromatic rings. The number of benzene rings is 2. The summed E-state index contributed by atoms with van der Waals surface area (Å²) in [5.41, 5.74) is 0.0618. The summed E-state index contributed by atoms with van der Waals surface area (Å²) in [6.07, 6.45) is -3.11. The Labute approximate surface area is 234 Å². The van der Waals surface area contributed by atoms with Gasteiger partial charge in [-0.1, -0.05) is 17.9 Å². The van der Waals surface area contributed by atoms with Gasteiger partial charge in [-0.3, -0.25) is 4.57 Å². The quantitative estimate of drug-likeness (QED) is 0.425. The maximum absolute atomic E-state index is 13.5. The van der Waals surface area contributed by atoms with Crippen LogP contribution < -0.4 is 15.3 Å². The molecule has 6 rings (SSSR count). The van der Waals surface area contributed by atoms with Crippen LogP contribution in [0.15, 0.2) is 35.1 Å². The fourth-order valence-electron chi connectivity index (χ4n) is 5.28. The largest absolute Gasteiger partial charge is 0.489 e. The molecule has 1 saturated heterocycles. The summed E-state index contributed by atoms with van der Waals surface area (Å²) in [7, 11) is 1.60. The van der Waals surface area contributed by atoms with Gasteiger partial charge in [0.1, 0.15) is 29.2 Å². The molecular weight excluding hydrogens is 537 g/mol. The van der Waals surface area contributed by atoms with Gasteiger partial charge in [-0.2, -0.15) is 23.4 Å². The standard InChI is InChI=1S/C30H27F3N4O4/c1-36-25-16-26(41-21-6-12-39-13-7-21)20(17-34)15-22(25)27(35-28(36)38)37-11-14-40-18-23-19(3-2-4-24(23)37)5-8-29(9-10-29)30(31,32)33/h2-4,15-16,21H,6-7,9-14,18H2,1H3. The molecule has 0 unspecified atom stereocenters. The van der Waals surface area contributed by atoms with Gasteiger partial charge in [-0.15, -0.1) is 0 Å². The van der Waals surface area contributed by atoms with Crippen molar-refractivity contribution in [2.45, 2.75) is 44.6 Å². The Morgan fingerprint density at radius 2 is 1.90 bits per heavy atom. The van der Waals surface area contributed by atoms with Gasteiger partial charge in [0, 0.05) is 54.7 Å². The number of rotatable bonds is 3. The highest BCUT2D eigenvalue weighted by atomic mass is 19.4. The first kappa shape index (κ1) is 27.1. The third kappa shape index (κ3) is 5.01. The van der Waals surface area contributed by atoms with E-state index in [1.807, 2.05) is 11.0 Å². The zero-order chi connectivity index (χ0) is 28.8. The average Bonchev–Trinajstić information content (AvgIpc) is 3.79. The second kappa shape index (κ2) is 10.4. The van der Waals surface area contributed by atoms with Crippen molar-refractivity contribution in [1.82, 2.24) is 9.55 Å². The molecule has 0 amide bonds. The summed E-state index contributed by atoms with van der Waals surface area (Å²) >= 11 is 0. The number of nitriles is 1. The second-order valence-electron chi connectivity index (χ2n) is 10.5. The van der Waals surface area contributed by atoms with Crippen molar-refractivity contribution in [2.24, 2.45) is 12.5 Å². The van der Waals surface area contributed by atoms with E-state index in [0.717, 1.165) is 0 Å². The van der Waals surface area contributed by atoms with Gasteiger partial charge >= 0.3 is 11.9 Å². The highest BCUT2D eigenvalue weighted by Gasteiger charge is 2.62. The molecular formula is C30H27F3N4O4. The lowest BCUT2D eigenvalue weighted by atomic mass is 10.0. The molecule has 3 heterocycles. The van der Waals surface area contributed by atoms with Crippen molar-refractivity contribution in [1.29, 1.82) is 5.26 Å². The van der Waals surface area contributed by atoms with Crippen molar-refractivity contribution in [3.8, 4) is 23.7 Å². The second-order valence-corrected chi connectivity index (χ2v) is 10.5. The summed E-state index contributed by atoms with van der Waals surface area (Å²) in [4.78, 5) is 19.3. The molecule has 1 aliphatic carbocycles. The molecule has 1 aromatic heterocycles. The molecule has 0 atom stereocenters. The molecule has 11 heteroatoms. The SMILES string of the molecule is Cn1c(=O)nc(N2CCOCc3c(C#CC4(C(F)(F)F)CC4)cccc32)c2cc(C#N)c(OC3CCOCC3)cc21. The van der Waals surface area contributed by atoms with Gasteiger partial charge in [0.05, 0.1) is 37.5 Å². The van der Waals surface area contributed by atoms with E-state index in [1.165, 1.54) is 4.57 Å². The summed E-state index contributed by atoms with van der Waals surface area (Å²) < 4.78 is 59.3. The fraction of sp³-hybridized carbons (Fsp3) is 0.433. The number of nitrogens with zero attached hydrogens (tertiary/aromatic N) is 4. The van der Waals surface area contributed by atoms with Crippen LogP contribution in [0.1, 0.15) is 42.4 Å². The van der Waals surface area contributed by atoms with E-state index in [2.05, 4.69) is 22.9 Å². The van der Waals surface area contributed by atoms with Crippen molar-refractivity contribution >= 4 is 22.4 Å². The van der Waals surface area contributed by atoms with Gasteiger partial charge in [-0.25, -0.2) is 4.79 Å². The number of anilines is 2. The van der Waals surface area contributed by atoms with E-state index in [0.29, 0.717) is 77.4 Å². The summed E-state index contributed by atoms with van der Waals surface area (Å²) in [5.74, 6) is 5.96. The minimum atomic E-state index is -4.38. The van der Waals surface area contributed by atoms with Crippen LogP contribution in [0.25, 0.3) is 10.9 Å². The Balaban J connectivity index is 1.46. The van der Waals surface area contributed by atoms with Crippen molar-refractivity contribution in [3.63, 3.8) is 0 Å². The number of hydrogen-bond donors (Lipinski definition) is 0. The van der Waals surface area contributed by atoms with Crippen LogP contribution in [0, 0.1) is 28.6 Å². The van der Waals surface area contributed by atoms with Gasteiger partial charge in [0.2, 0.25) is 0 Å². The van der Waals surface area contributed by atoms with Gasteiger partial charge < -0.3 is 19.1 Å². The van der Waals surface area contributed by atoms with Gasteiger partial charge in [0.15, 0.2) is 0 Å². The number of alkyl halides is 3. The maximum atomic E-state index is 13.5. The Bertz CT molecular complexity index is 1670. The third-order valence-electron chi connectivity index (χ3n) is 7.90. The molecule has 1 saturated carbocycles. The molecule has 0 radical (unpaired) electrons. The number of halogens is 3. The lowest BCUT2D eigenvalue weighted by molar-refractivity contribution is -0.168. The molecule has 0 bridgehead atoms. The van der Waals surface area contributed by atoms with Crippen LogP contribution in [-0.2, 0) is 23.1 Å². The zero-order valence-electron chi connectivity index (χ0n) is 22.4. The van der Waals surface area contributed by atoms with Crippen molar-refractivity contribution in [3.05, 3.63) is 57.5 Å². The van der Waals surface area contributed by atoms with Crippen LogP contribution in [-0.4, -0.2) is 48.2 Å². The number of aryl methyl sites for hydroxylation is 1. The first-order valence-electron chi connectivity index (χ1n) is 13.5. The van der Waals surface area contributed by atoms with E-state index < -0.39 is 17.3 Å². The smallest absolute Gasteiger partial charge is 0.405 e. The Kier molecular flexibility index (Phi) is 6.88. The van der Waals surface area contributed by atoms with Crippen LogP contribution in [0.4, 0.5) is 24.7 Å². The molecule has 0 N–H and O–H groups in total. The molecule has 3 aliphatic rings.